The van der Waals surface area contributed by atoms with E-state index in [4.69, 9.17) is 10.1 Å². The summed E-state index contributed by atoms with van der Waals surface area (Å²) in [7, 11) is 0. The summed E-state index contributed by atoms with van der Waals surface area (Å²) in [5, 5.41) is 16.3. The van der Waals surface area contributed by atoms with E-state index in [-0.39, 0.29) is 6.10 Å². The molecule has 0 aromatic carbocycles. The molecule has 6 heteroatoms. The van der Waals surface area contributed by atoms with Crippen molar-refractivity contribution in [1.82, 2.24) is 19.7 Å². The van der Waals surface area contributed by atoms with Crippen LogP contribution in [0.1, 0.15) is 65.2 Å². The first-order valence-electron chi connectivity index (χ1n) is 9.71. The van der Waals surface area contributed by atoms with Gasteiger partial charge in [-0.2, -0.15) is 5.10 Å². The second kappa shape index (κ2) is 6.49. The van der Waals surface area contributed by atoms with Gasteiger partial charge in [0.15, 0.2) is 0 Å². The molecule has 2 aromatic heterocycles. The number of aryl methyl sites for hydroxylation is 3. The Labute approximate surface area is 152 Å². The van der Waals surface area contributed by atoms with Crippen LogP contribution in [-0.4, -0.2) is 31.3 Å². The number of aliphatic hydroxyl groups is 1. The van der Waals surface area contributed by atoms with Crippen molar-refractivity contribution in [3.63, 3.8) is 0 Å². The summed E-state index contributed by atoms with van der Waals surface area (Å²) < 4.78 is 2.12. The van der Waals surface area contributed by atoms with Crippen molar-refractivity contribution in [3.05, 3.63) is 33.0 Å². The Morgan fingerprint density at radius 1 is 1.20 bits per heavy atom. The molecule has 0 bridgehead atoms. The summed E-state index contributed by atoms with van der Waals surface area (Å²) in [6, 6.07) is 2.13. The zero-order chi connectivity index (χ0) is 16.8. The van der Waals surface area contributed by atoms with Crippen LogP contribution in [0.4, 0.5) is 0 Å². The number of rotatable bonds is 4. The number of fused-ring (bicyclic) bond motifs is 2. The van der Waals surface area contributed by atoms with Crippen molar-refractivity contribution in [2.45, 2.75) is 70.7 Å². The van der Waals surface area contributed by atoms with Crippen LogP contribution in [0.3, 0.4) is 0 Å². The van der Waals surface area contributed by atoms with E-state index in [9.17, 15) is 5.11 Å². The number of hydrogen-bond acceptors (Lipinski definition) is 5. The Morgan fingerprint density at radius 3 is 2.92 bits per heavy atom. The number of nitrogens with zero attached hydrogens (tertiary/aromatic N) is 4. The second-order valence-corrected chi connectivity index (χ2v) is 8.98. The second-order valence-electron chi connectivity index (χ2n) is 7.81. The summed E-state index contributed by atoms with van der Waals surface area (Å²) >= 11 is 1.92. The lowest BCUT2D eigenvalue weighted by atomic mass is 10.0. The van der Waals surface area contributed by atoms with Gasteiger partial charge in [0.05, 0.1) is 23.6 Å². The van der Waals surface area contributed by atoms with Crippen molar-refractivity contribution in [1.29, 1.82) is 0 Å². The molecule has 0 unspecified atom stereocenters. The summed E-state index contributed by atoms with van der Waals surface area (Å²) in [4.78, 5) is 8.93. The topological polar surface area (TPSA) is 54.2 Å². The van der Waals surface area contributed by atoms with Gasteiger partial charge in [0.2, 0.25) is 0 Å². The Bertz CT molecular complexity index is 740. The minimum absolute atomic E-state index is 0.362. The monoisotopic (exact) mass is 358 g/mol. The first kappa shape index (κ1) is 16.0. The first-order chi connectivity index (χ1) is 12.3. The van der Waals surface area contributed by atoms with E-state index in [0.29, 0.717) is 5.92 Å². The third-order valence-corrected chi connectivity index (χ3v) is 6.87. The molecule has 1 saturated carbocycles. The fraction of sp³-hybridized carbons (Fsp3) is 0.684. The lowest BCUT2D eigenvalue weighted by molar-refractivity contribution is 0.148. The van der Waals surface area contributed by atoms with Crippen molar-refractivity contribution in [2.24, 2.45) is 5.92 Å². The maximum Gasteiger partial charge on any atom is 0.107 e. The largest absolute Gasteiger partial charge is 0.386 e. The van der Waals surface area contributed by atoms with Gasteiger partial charge < -0.3 is 5.11 Å². The molecular formula is C19H26N4OS. The fourth-order valence-corrected chi connectivity index (χ4v) is 5.35. The highest BCUT2D eigenvalue weighted by atomic mass is 32.1. The van der Waals surface area contributed by atoms with E-state index >= 15 is 0 Å². The van der Waals surface area contributed by atoms with E-state index in [1.54, 1.807) is 0 Å². The highest BCUT2D eigenvalue weighted by Crippen LogP contribution is 2.40. The molecule has 0 amide bonds. The third-order valence-electron chi connectivity index (χ3n) is 5.73. The minimum atomic E-state index is -0.362. The molecule has 1 N–H and O–H groups in total. The van der Waals surface area contributed by atoms with Gasteiger partial charge in [0, 0.05) is 24.5 Å². The average molecular weight is 359 g/mol. The van der Waals surface area contributed by atoms with Crippen molar-refractivity contribution >= 4 is 11.3 Å². The quantitative estimate of drug-likeness (QED) is 0.913. The fourth-order valence-electron chi connectivity index (χ4n) is 4.15. The van der Waals surface area contributed by atoms with Gasteiger partial charge >= 0.3 is 0 Å². The Morgan fingerprint density at radius 2 is 2.08 bits per heavy atom. The van der Waals surface area contributed by atoms with Crippen molar-refractivity contribution in [3.8, 4) is 0 Å². The van der Waals surface area contributed by atoms with E-state index < -0.39 is 0 Å². The molecule has 1 aliphatic heterocycles. The Hall–Kier alpha value is -1.24. The standard InChI is InChI=1S/C19H26N4OS/c24-19(13-6-7-13)16-10-14-11-22(8-3-9-23(14)21-16)12-18-20-15-4-1-2-5-17(15)25-18/h10,13,19,24H,1-9,11-12H2/t19-/m0/s1. The van der Waals surface area contributed by atoms with Gasteiger partial charge in [-0.1, -0.05) is 0 Å². The number of thiazole rings is 1. The molecule has 2 aliphatic carbocycles. The van der Waals surface area contributed by atoms with E-state index in [1.807, 2.05) is 11.3 Å². The Kier molecular flexibility index (Phi) is 4.14. The van der Waals surface area contributed by atoms with Crippen LogP contribution in [-0.2, 0) is 32.5 Å². The highest BCUT2D eigenvalue weighted by Gasteiger charge is 2.33. The molecule has 1 atom stereocenters. The average Bonchev–Trinajstić information content (AvgIpc) is 3.31. The number of aliphatic hydroxyl groups excluding tert-OH is 1. The van der Waals surface area contributed by atoms with Crippen molar-refractivity contribution in [2.75, 3.05) is 6.54 Å². The number of hydrogen-bond donors (Lipinski definition) is 1. The SMILES string of the molecule is O[C@H](c1cc2n(n1)CCCN(Cc1nc3c(s1)CCCC3)C2)C1CC1. The zero-order valence-electron chi connectivity index (χ0n) is 14.7. The molecule has 5 nitrogen and oxygen atoms in total. The van der Waals surface area contributed by atoms with Gasteiger partial charge in [-0.15, -0.1) is 11.3 Å². The third kappa shape index (κ3) is 3.27. The zero-order valence-corrected chi connectivity index (χ0v) is 15.5. The predicted octanol–water partition coefficient (Wildman–Crippen LogP) is 3.07. The molecule has 0 spiro atoms. The van der Waals surface area contributed by atoms with Crippen LogP contribution in [0, 0.1) is 5.92 Å². The maximum atomic E-state index is 10.4. The highest BCUT2D eigenvalue weighted by molar-refractivity contribution is 7.11. The molecule has 5 rings (SSSR count). The van der Waals surface area contributed by atoms with Crippen LogP contribution in [0.5, 0.6) is 0 Å². The van der Waals surface area contributed by atoms with Gasteiger partial charge in [-0.05, 0) is 56.9 Å². The van der Waals surface area contributed by atoms with E-state index in [0.717, 1.165) is 51.1 Å². The van der Waals surface area contributed by atoms with Gasteiger partial charge in [0.1, 0.15) is 11.1 Å². The molecule has 3 heterocycles. The maximum absolute atomic E-state index is 10.4. The molecule has 2 aromatic rings. The van der Waals surface area contributed by atoms with Gasteiger partial charge in [-0.3, -0.25) is 9.58 Å². The molecular weight excluding hydrogens is 332 g/mol. The van der Waals surface area contributed by atoms with Crippen LogP contribution in [0.15, 0.2) is 6.07 Å². The molecule has 3 aliphatic rings. The van der Waals surface area contributed by atoms with Gasteiger partial charge in [0.25, 0.3) is 0 Å². The lowest BCUT2D eigenvalue weighted by Crippen LogP contribution is -2.22. The van der Waals surface area contributed by atoms with Crippen LogP contribution >= 0.6 is 11.3 Å². The summed E-state index contributed by atoms with van der Waals surface area (Å²) in [6.07, 6.45) is 8.05. The van der Waals surface area contributed by atoms with Crippen LogP contribution in [0.25, 0.3) is 0 Å². The predicted molar refractivity (Wildman–Crippen MR) is 97.4 cm³/mol. The first-order valence-corrected chi connectivity index (χ1v) is 10.5. The summed E-state index contributed by atoms with van der Waals surface area (Å²) in [5.74, 6) is 0.442. The minimum Gasteiger partial charge on any atom is -0.386 e. The van der Waals surface area contributed by atoms with Crippen molar-refractivity contribution < 1.29 is 5.11 Å². The molecule has 1 fully saturated rings. The number of aromatic nitrogens is 3. The molecule has 134 valence electrons. The van der Waals surface area contributed by atoms with Gasteiger partial charge in [-0.25, -0.2) is 4.98 Å². The van der Waals surface area contributed by atoms with E-state index in [1.165, 1.54) is 47.0 Å². The summed E-state index contributed by atoms with van der Waals surface area (Å²) in [5.41, 5.74) is 3.48. The Balaban J connectivity index is 1.31. The van der Waals surface area contributed by atoms with Crippen LogP contribution < -0.4 is 0 Å². The summed E-state index contributed by atoms with van der Waals surface area (Å²) in [6.45, 7) is 3.91. The molecule has 25 heavy (non-hydrogen) atoms. The normalized spacial score (nSPS) is 22.3. The van der Waals surface area contributed by atoms with E-state index in [2.05, 4.69) is 15.6 Å². The molecule has 0 radical (unpaired) electrons. The lowest BCUT2D eigenvalue weighted by Gasteiger charge is -2.17. The smallest absolute Gasteiger partial charge is 0.107 e. The van der Waals surface area contributed by atoms with Crippen LogP contribution in [0.2, 0.25) is 0 Å². The molecule has 0 saturated heterocycles.